The Morgan fingerprint density at radius 1 is 1.27 bits per heavy atom. The lowest BCUT2D eigenvalue weighted by atomic mass is 9.90. The number of aryl methyl sites for hydroxylation is 1. The Labute approximate surface area is 149 Å². The van der Waals surface area contributed by atoms with Crippen LogP contribution in [-0.2, 0) is 11.3 Å². The molecule has 0 unspecified atom stereocenters. The quantitative estimate of drug-likeness (QED) is 0.593. The fourth-order valence-electron chi connectivity index (χ4n) is 3.78. The largest absolute Gasteiger partial charge is 0.463 e. The molecule has 3 aromatic heterocycles. The minimum atomic E-state index is -0.190. The maximum Gasteiger partial charge on any atom is 0.226 e. The maximum absolute atomic E-state index is 12.3. The molecular weight excluding hydrogens is 330 g/mol. The molecule has 2 N–H and O–H groups in total. The van der Waals surface area contributed by atoms with Crippen LogP contribution in [0.2, 0.25) is 0 Å². The highest BCUT2D eigenvalue weighted by Crippen LogP contribution is 2.42. The van der Waals surface area contributed by atoms with Crippen LogP contribution in [0.1, 0.15) is 30.7 Å². The van der Waals surface area contributed by atoms with E-state index in [-0.39, 0.29) is 11.8 Å². The second-order valence-corrected chi connectivity index (χ2v) is 6.35. The molecule has 0 saturated heterocycles. The Morgan fingerprint density at radius 3 is 2.96 bits per heavy atom. The van der Waals surface area contributed by atoms with Gasteiger partial charge in [0.1, 0.15) is 11.5 Å². The molecular formula is C19H17N5O2. The predicted octanol–water partition coefficient (Wildman–Crippen LogP) is 3.51. The predicted molar refractivity (Wildman–Crippen MR) is 96.8 cm³/mol. The van der Waals surface area contributed by atoms with Crippen molar-refractivity contribution < 1.29 is 9.21 Å². The number of aromatic nitrogens is 4. The van der Waals surface area contributed by atoms with Gasteiger partial charge in [-0.2, -0.15) is 5.10 Å². The van der Waals surface area contributed by atoms with Gasteiger partial charge in [-0.1, -0.05) is 12.1 Å². The van der Waals surface area contributed by atoms with E-state index in [1.54, 1.807) is 6.26 Å². The molecule has 0 saturated carbocycles. The fourth-order valence-corrected chi connectivity index (χ4v) is 3.78. The number of para-hydroxylation sites is 2. The Hall–Kier alpha value is -3.35. The molecule has 7 heteroatoms. The minimum Gasteiger partial charge on any atom is -0.463 e. The van der Waals surface area contributed by atoms with Crippen LogP contribution in [0.4, 0.5) is 5.82 Å². The number of hydrogen-bond acceptors (Lipinski definition) is 4. The first-order valence-corrected chi connectivity index (χ1v) is 8.63. The summed E-state index contributed by atoms with van der Waals surface area (Å²) in [6, 6.07) is 11.7. The van der Waals surface area contributed by atoms with Crippen LogP contribution in [0, 0.1) is 0 Å². The summed E-state index contributed by atoms with van der Waals surface area (Å²) < 4.78 is 7.73. The van der Waals surface area contributed by atoms with Crippen LogP contribution >= 0.6 is 0 Å². The zero-order valence-electron chi connectivity index (χ0n) is 14.2. The van der Waals surface area contributed by atoms with Crippen LogP contribution < -0.4 is 5.32 Å². The summed E-state index contributed by atoms with van der Waals surface area (Å²) in [7, 11) is 0. The van der Waals surface area contributed by atoms with E-state index < -0.39 is 0 Å². The number of furan rings is 1. The van der Waals surface area contributed by atoms with Gasteiger partial charge in [0.25, 0.3) is 0 Å². The number of anilines is 1. The number of carbonyl (C=O) groups excluding carboxylic acids is 1. The van der Waals surface area contributed by atoms with E-state index in [9.17, 15) is 4.79 Å². The number of imidazole rings is 1. The van der Waals surface area contributed by atoms with Crippen molar-refractivity contribution in [2.45, 2.75) is 25.8 Å². The summed E-state index contributed by atoms with van der Waals surface area (Å²) in [5, 5.41) is 10.2. The second-order valence-electron chi connectivity index (χ2n) is 6.35. The van der Waals surface area contributed by atoms with Gasteiger partial charge < -0.3 is 14.3 Å². The van der Waals surface area contributed by atoms with Gasteiger partial charge in [-0.15, -0.1) is 0 Å². The first-order valence-electron chi connectivity index (χ1n) is 8.63. The highest BCUT2D eigenvalue weighted by molar-refractivity contribution is 5.95. The van der Waals surface area contributed by atoms with Gasteiger partial charge in [-0.05, 0) is 31.2 Å². The Balaban J connectivity index is 1.75. The van der Waals surface area contributed by atoms with Crippen LogP contribution in [0.3, 0.4) is 0 Å². The molecule has 1 atom stereocenters. The molecule has 130 valence electrons. The van der Waals surface area contributed by atoms with Gasteiger partial charge in [0.05, 0.1) is 23.2 Å². The van der Waals surface area contributed by atoms with Gasteiger partial charge in [-0.3, -0.25) is 9.89 Å². The van der Waals surface area contributed by atoms with Gasteiger partial charge in [0, 0.05) is 18.5 Å². The van der Waals surface area contributed by atoms with Crippen LogP contribution in [0.5, 0.6) is 0 Å². The van der Waals surface area contributed by atoms with Gasteiger partial charge >= 0.3 is 0 Å². The number of aromatic amines is 1. The van der Waals surface area contributed by atoms with Gasteiger partial charge in [0.15, 0.2) is 11.6 Å². The molecule has 26 heavy (non-hydrogen) atoms. The number of carbonyl (C=O) groups is 1. The normalized spacial score (nSPS) is 16.7. The van der Waals surface area contributed by atoms with Crippen LogP contribution in [-0.4, -0.2) is 25.7 Å². The molecule has 4 heterocycles. The number of nitrogens with one attached hydrogen (secondary N) is 2. The lowest BCUT2D eigenvalue weighted by Gasteiger charge is -2.23. The van der Waals surface area contributed by atoms with Gasteiger partial charge in [0.2, 0.25) is 5.91 Å². The number of nitrogens with zero attached hydrogens (tertiary/aromatic N) is 3. The summed E-state index contributed by atoms with van der Waals surface area (Å²) in [5.41, 5.74) is 3.70. The van der Waals surface area contributed by atoms with E-state index in [0.29, 0.717) is 18.0 Å². The molecule has 1 aromatic carbocycles. The molecule has 5 rings (SSSR count). The number of benzene rings is 1. The highest BCUT2D eigenvalue weighted by atomic mass is 16.3. The van der Waals surface area contributed by atoms with Crippen LogP contribution in [0.25, 0.3) is 22.5 Å². The second kappa shape index (κ2) is 5.59. The van der Waals surface area contributed by atoms with Crippen molar-refractivity contribution >= 4 is 22.8 Å². The van der Waals surface area contributed by atoms with E-state index in [4.69, 9.17) is 9.40 Å². The van der Waals surface area contributed by atoms with E-state index in [1.807, 2.05) is 30.3 Å². The van der Waals surface area contributed by atoms with Crippen molar-refractivity contribution in [1.29, 1.82) is 0 Å². The van der Waals surface area contributed by atoms with E-state index in [0.717, 1.165) is 34.7 Å². The standard InChI is InChI=1S/C19H17N5O2/c1-2-24-13-7-4-3-6-12(13)20-19(24)11-10-15(25)21-18-16(11)17(22-23-18)14-8-5-9-26-14/h3-9,11H,2,10H2,1H3,(H2,21,22,23,25)/t11-/m1/s1. The third-order valence-corrected chi connectivity index (χ3v) is 4.88. The van der Waals surface area contributed by atoms with Crippen molar-refractivity contribution in [2.75, 3.05) is 5.32 Å². The molecule has 1 aliphatic heterocycles. The van der Waals surface area contributed by atoms with E-state index in [1.165, 1.54) is 0 Å². The average molecular weight is 347 g/mol. The Morgan fingerprint density at radius 2 is 2.15 bits per heavy atom. The first-order chi connectivity index (χ1) is 12.8. The fraction of sp³-hybridized carbons (Fsp3) is 0.211. The van der Waals surface area contributed by atoms with Gasteiger partial charge in [-0.25, -0.2) is 4.98 Å². The molecule has 1 aliphatic rings. The zero-order valence-corrected chi connectivity index (χ0v) is 14.2. The van der Waals surface area contributed by atoms with E-state index >= 15 is 0 Å². The molecule has 0 radical (unpaired) electrons. The van der Waals surface area contributed by atoms with Crippen molar-refractivity contribution in [1.82, 2.24) is 19.7 Å². The molecule has 1 amide bonds. The smallest absolute Gasteiger partial charge is 0.226 e. The highest BCUT2D eigenvalue weighted by Gasteiger charge is 2.35. The summed E-state index contributed by atoms with van der Waals surface area (Å²) in [6.45, 7) is 2.86. The summed E-state index contributed by atoms with van der Waals surface area (Å²) >= 11 is 0. The summed E-state index contributed by atoms with van der Waals surface area (Å²) in [6.07, 6.45) is 1.95. The van der Waals surface area contributed by atoms with Crippen molar-refractivity contribution in [3.63, 3.8) is 0 Å². The monoisotopic (exact) mass is 347 g/mol. The number of rotatable bonds is 3. The third kappa shape index (κ3) is 2.10. The molecule has 7 nitrogen and oxygen atoms in total. The third-order valence-electron chi connectivity index (χ3n) is 4.88. The average Bonchev–Trinajstić information content (AvgIpc) is 3.37. The first kappa shape index (κ1) is 14.9. The lowest BCUT2D eigenvalue weighted by Crippen LogP contribution is -2.25. The van der Waals surface area contributed by atoms with Crippen molar-refractivity contribution in [3.05, 3.63) is 54.0 Å². The summed E-state index contributed by atoms with van der Waals surface area (Å²) in [4.78, 5) is 17.1. The Bertz CT molecular complexity index is 1110. The number of hydrogen-bond donors (Lipinski definition) is 2. The number of H-pyrrole nitrogens is 1. The lowest BCUT2D eigenvalue weighted by molar-refractivity contribution is -0.116. The van der Waals surface area contributed by atoms with Crippen molar-refractivity contribution in [2.24, 2.45) is 0 Å². The van der Waals surface area contributed by atoms with Crippen molar-refractivity contribution in [3.8, 4) is 11.5 Å². The number of fused-ring (bicyclic) bond motifs is 2. The maximum atomic E-state index is 12.3. The zero-order chi connectivity index (χ0) is 17.7. The molecule has 0 fully saturated rings. The minimum absolute atomic E-state index is 0.0605. The number of amides is 1. The molecule has 0 aliphatic carbocycles. The van der Waals surface area contributed by atoms with E-state index in [2.05, 4.69) is 33.1 Å². The SMILES string of the molecule is CCn1c([C@@H]2CC(=O)Nc3n[nH]c(-c4ccco4)c32)nc2ccccc21. The topological polar surface area (TPSA) is 88.7 Å². The Kier molecular flexibility index (Phi) is 3.21. The molecule has 0 bridgehead atoms. The molecule has 4 aromatic rings. The van der Waals surface area contributed by atoms with Crippen LogP contribution in [0.15, 0.2) is 47.1 Å². The molecule has 0 spiro atoms. The summed E-state index contributed by atoms with van der Waals surface area (Å²) in [5.74, 6) is 1.87.